The summed E-state index contributed by atoms with van der Waals surface area (Å²) >= 11 is 1.78. The highest BCUT2D eigenvalue weighted by molar-refractivity contribution is 8.00. The van der Waals surface area contributed by atoms with Crippen LogP contribution in [0.5, 0.6) is 0 Å². The minimum Gasteiger partial charge on any atom is -0.384 e. The predicted octanol–water partition coefficient (Wildman–Crippen LogP) is 2.19. The molecule has 112 valence electrons. The van der Waals surface area contributed by atoms with Gasteiger partial charge in [0.2, 0.25) is 0 Å². The van der Waals surface area contributed by atoms with Gasteiger partial charge in [0.1, 0.15) is 12.4 Å². The average molecular weight is 307 g/mol. The molecule has 21 heavy (non-hydrogen) atoms. The first-order valence-electron chi connectivity index (χ1n) is 6.83. The van der Waals surface area contributed by atoms with E-state index in [-0.39, 0.29) is 17.3 Å². The van der Waals surface area contributed by atoms with Gasteiger partial charge in [-0.15, -0.1) is 0 Å². The van der Waals surface area contributed by atoms with Crippen LogP contribution in [0.3, 0.4) is 0 Å². The van der Waals surface area contributed by atoms with Gasteiger partial charge in [-0.3, -0.25) is 4.79 Å². The smallest absolute Gasteiger partial charge is 0.252 e. The van der Waals surface area contributed by atoms with Gasteiger partial charge >= 0.3 is 0 Å². The second-order valence-electron chi connectivity index (χ2n) is 5.07. The zero-order valence-corrected chi connectivity index (χ0v) is 12.7. The van der Waals surface area contributed by atoms with Gasteiger partial charge in [-0.25, -0.2) is 4.39 Å². The molecule has 5 heteroatoms. The number of benzene rings is 1. The fourth-order valence-electron chi connectivity index (χ4n) is 2.31. The van der Waals surface area contributed by atoms with Gasteiger partial charge in [0.25, 0.3) is 5.91 Å². The van der Waals surface area contributed by atoms with E-state index in [2.05, 4.69) is 23.4 Å². The lowest BCUT2D eigenvalue weighted by atomic mass is 9.84. The first-order valence-corrected chi connectivity index (χ1v) is 8.05. The number of aliphatic hydroxyl groups excluding tert-OH is 1. The van der Waals surface area contributed by atoms with Crippen LogP contribution >= 0.6 is 11.8 Å². The number of hydrogen-bond acceptors (Lipinski definition) is 3. The molecule has 0 atom stereocenters. The third-order valence-electron chi connectivity index (χ3n) is 3.80. The van der Waals surface area contributed by atoms with E-state index in [4.69, 9.17) is 5.11 Å². The van der Waals surface area contributed by atoms with E-state index in [1.807, 2.05) is 0 Å². The fourth-order valence-corrected chi connectivity index (χ4v) is 3.23. The molecule has 0 radical (unpaired) electrons. The van der Waals surface area contributed by atoms with Crippen LogP contribution in [0.15, 0.2) is 18.2 Å². The van der Waals surface area contributed by atoms with Crippen LogP contribution in [0, 0.1) is 17.7 Å². The van der Waals surface area contributed by atoms with E-state index in [0.29, 0.717) is 17.7 Å². The van der Waals surface area contributed by atoms with E-state index in [9.17, 15) is 9.18 Å². The SMILES string of the molecule is CSC1(CNC(=O)c2ccc(F)cc2C#CCO)CCC1. The molecule has 2 N–H and O–H groups in total. The molecule has 0 aliphatic heterocycles. The predicted molar refractivity (Wildman–Crippen MR) is 82.8 cm³/mol. The molecule has 1 amide bonds. The molecule has 0 heterocycles. The summed E-state index contributed by atoms with van der Waals surface area (Å²) in [5.74, 6) is 4.36. The van der Waals surface area contributed by atoms with Crippen molar-refractivity contribution in [1.82, 2.24) is 5.32 Å². The van der Waals surface area contributed by atoms with E-state index in [1.54, 1.807) is 11.8 Å². The summed E-state index contributed by atoms with van der Waals surface area (Å²) in [6.45, 7) is 0.282. The van der Waals surface area contributed by atoms with Crippen LogP contribution in [0.1, 0.15) is 35.2 Å². The number of aliphatic hydroxyl groups is 1. The summed E-state index contributed by atoms with van der Waals surface area (Å²) in [7, 11) is 0. The van der Waals surface area contributed by atoms with E-state index < -0.39 is 5.82 Å². The molecule has 1 aromatic carbocycles. The summed E-state index contributed by atoms with van der Waals surface area (Å²) < 4.78 is 13.4. The van der Waals surface area contributed by atoms with Crippen LogP contribution in [0.2, 0.25) is 0 Å². The Labute approximate surface area is 128 Å². The van der Waals surface area contributed by atoms with Crippen LogP contribution in [-0.2, 0) is 0 Å². The molecule has 0 aromatic heterocycles. The summed E-state index contributed by atoms with van der Waals surface area (Å²) in [4.78, 5) is 12.3. The first kappa shape index (κ1) is 15.9. The second-order valence-corrected chi connectivity index (χ2v) is 6.35. The third-order valence-corrected chi connectivity index (χ3v) is 5.22. The third kappa shape index (κ3) is 3.78. The number of amides is 1. The number of nitrogens with one attached hydrogen (secondary N) is 1. The quantitative estimate of drug-likeness (QED) is 0.838. The Bertz CT molecular complexity index is 582. The minimum absolute atomic E-state index is 0.145. The summed E-state index contributed by atoms with van der Waals surface area (Å²) in [5.41, 5.74) is 0.640. The Morgan fingerprint density at radius 2 is 2.29 bits per heavy atom. The summed E-state index contributed by atoms with van der Waals surface area (Å²) in [6.07, 6.45) is 5.46. The molecule has 1 fully saturated rings. The molecule has 0 unspecified atom stereocenters. The van der Waals surface area contributed by atoms with Crippen LogP contribution in [-0.4, -0.2) is 35.2 Å². The average Bonchev–Trinajstić information content (AvgIpc) is 2.44. The fraction of sp³-hybridized carbons (Fsp3) is 0.438. The maximum atomic E-state index is 13.3. The van der Waals surface area contributed by atoms with E-state index in [0.717, 1.165) is 12.8 Å². The number of carbonyl (C=O) groups is 1. The number of carbonyl (C=O) groups excluding carboxylic acids is 1. The van der Waals surface area contributed by atoms with Gasteiger partial charge in [0.05, 0.1) is 5.56 Å². The van der Waals surface area contributed by atoms with Crippen LogP contribution < -0.4 is 5.32 Å². The van der Waals surface area contributed by atoms with Gasteiger partial charge in [0, 0.05) is 16.9 Å². The molecule has 0 bridgehead atoms. The molecular weight excluding hydrogens is 289 g/mol. The Morgan fingerprint density at radius 3 is 2.86 bits per heavy atom. The van der Waals surface area contributed by atoms with Crippen molar-refractivity contribution in [3.05, 3.63) is 35.1 Å². The lowest BCUT2D eigenvalue weighted by Crippen LogP contribution is -2.45. The highest BCUT2D eigenvalue weighted by Crippen LogP contribution is 2.42. The van der Waals surface area contributed by atoms with Gasteiger partial charge in [-0.1, -0.05) is 18.3 Å². The number of thioether (sulfide) groups is 1. The van der Waals surface area contributed by atoms with Gasteiger partial charge in [-0.2, -0.15) is 11.8 Å². The Hall–Kier alpha value is -1.51. The Morgan fingerprint density at radius 1 is 1.52 bits per heavy atom. The summed E-state index contributed by atoms with van der Waals surface area (Å²) in [5, 5.41) is 11.7. The number of halogens is 1. The zero-order valence-electron chi connectivity index (χ0n) is 11.9. The molecular formula is C16H18FNO2S. The largest absolute Gasteiger partial charge is 0.384 e. The minimum atomic E-state index is -0.451. The molecule has 3 nitrogen and oxygen atoms in total. The number of rotatable bonds is 4. The Kier molecular flexibility index (Phi) is 5.27. The highest BCUT2D eigenvalue weighted by atomic mass is 32.2. The van der Waals surface area contributed by atoms with Crippen LogP contribution in [0.25, 0.3) is 0 Å². The van der Waals surface area contributed by atoms with Gasteiger partial charge in [0.15, 0.2) is 0 Å². The van der Waals surface area contributed by atoms with Crippen LogP contribution in [0.4, 0.5) is 4.39 Å². The molecule has 1 saturated carbocycles. The first-order chi connectivity index (χ1) is 10.1. The lowest BCUT2D eigenvalue weighted by molar-refractivity contribution is 0.0943. The van der Waals surface area contributed by atoms with Crippen molar-refractivity contribution >= 4 is 17.7 Å². The van der Waals surface area contributed by atoms with Crippen molar-refractivity contribution in [3.8, 4) is 11.8 Å². The molecule has 0 saturated heterocycles. The maximum absolute atomic E-state index is 13.3. The van der Waals surface area contributed by atoms with Crippen molar-refractivity contribution in [2.75, 3.05) is 19.4 Å². The summed E-state index contributed by atoms with van der Waals surface area (Å²) in [6, 6.07) is 3.89. The molecule has 2 rings (SSSR count). The molecule has 0 spiro atoms. The number of hydrogen-bond donors (Lipinski definition) is 2. The molecule has 1 aliphatic rings. The Balaban J connectivity index is 2.11. The van der Waals surface area contributed by atoms with E-state index >= 15 is 0 Å². The normalized spacial score (nSPS) is 15.6. The van der Waals surface area contributed by atoms with Crippen molar-refractivity contribution in [1.29, 1.82) is 0 Å². The second kappa shape index (κ2) is 6.97. The topological polar surface area (TPSA) is 49.3 Å². The highest BCUT2D eigenvalue weighted by Gasteiger charge is 2.36. The lowest BCUT2D eigenvalue weighted by Gasteiger charge is -2.40. The molecule has 1 aliphatic carbocycles. The van der Waals surface area contributed by atoms with Crippen molar-refractivity contribution in [2.24, 2.45) is 0 Å². The van der Waals surface area contributed by atoms with E-state index in [1.165, 1.54) is 24.6 Å². The molecule has 1 aromatic rings. The maximum Gasteiger partial charge on any atom is 0.252 e. The zero-order chi connectivity index (χ0) is 15.3. The van der Waals surface area contributed by atoms with Gasteiger partial charge < -0.3 is 10.4 Å². The van der Waals surface area contributed by atoms with Crippen molar-refractivity contribution in [3.63, 3.8) is 0 Å². The monoisotopic (exact) mass is 307 g/mol. The van der Waals surface area contributed by atoms with Gasteiger partial charge in [-0.05, 0) is 37.3 Å². The standard InChI is InChI=1S/C16H18FNO2S/c1-21-16(7-3-8-16)11-18-15(20)14-6-5-13(17)10-12(14)4-2-9-19/h5-6,10,19H,3,7-9,11H2,1H3,(H,18,20). The van der Waals surface area contributed by atoms with Crippen molar-refractivity contribution < 1.29 is 14.3 Å². The van der Waals surface area contributed by atoms with Crippen molar-refractivity contribution in [2.45, 2.75) is 24.0 Å².